The van der Waals surface area contributed by atoms with Crippen molar-refractivity contribution in [1.29, 1.82) is 0 Å². The third-order valence-corrected chi connectivity index (χ3v) is 2.77. The molecule has 1 N–H and O–H groups in total. The smallest absolute Gasteiger partial charge is 0.408 e. The molecule has 1 rings (SSSR count). The fourth-order valence-electron chi connectivity index (χ4n) is 1.68. The van der Waals surface area contributed by atoms with Crippen molar-refractivity contribution in [2.75, 3.05) is 13.1 Å². The molecule has 1 atom stereocenters. The second kappa shape index (κ2) is 5.59. The minimum absolute atomic E-state index is 0.0119. The van der Waals surface area contributed by atoms with E-state index in [2.05, 4.69) is 5.32 Å². The van der Waals surface area contributed by atoms with E-state index in [0.717, 1.165) is 19.5 Å². The van der Waals surface area contributed by atoms with Gasteiger partial charge >= 0.3 is 6.09 Å². The molecule has 5 heteroatoms. The van der Waals surface area contributed by atoms with Gasteiger partial charge in [0.1, 0.15) is 11.6 Å². The molecule has 0 aromatic rings. The van der Waals surface area contributed by atoms with E-state index in [1.165, 1.54) is 0 Å². The Bertz CT molecular complexity index is 317. The van der Waals surface area contributed by atoms with Gasteiger partial charge in [-0.3, -0.25) is 4.79 Å². The van der Waals surface area contributed by atoms with Gasteiger partial charge in [-0.25, -0.2) is 4.79 Å². The van der Waals surface area contributed by atoms with Crippen molar-refractivity contribution in [3.8, 4) is 0 Å². The molecule has 0 bridgehead atoms. The maximum atomic E-state index is 12.1. The summed E-state index contributed by atoms with van der Waals surface area (Å²) in [6.07, 6.45) is 0.512. The lowest BCUT2D eigenvalue weighted by atomic mass is 10.0. The Morgan fingerprint density at radius 3 is 2.11 bits per heavy atom. The average Bonchev–Trinajstić information content (AvgIpc) is 2.07. The van der Waals surface area contributed by atoms with Crippen molar-refractivity contribution >= 4 is 12.0 Å². The highest BCUT2D eigenvalue weighted by molar-refractivity contribution is 5.86. The number of ether oxygens (including phenoxy) is 1. The molecule has 1 saturated heterocycles. The summed E-state index contributed by atoms with van der Waals surface area (Å²) in [7, 11) is 0. The number of carbonyl (C=O) groups is 2. The zero-order chi connectivity index (χ0) is 13.9. The Balaban J connectivity index is 2.57. The lowest BCUT2D eigenvalue weighted by Gasteiger charge is -2.35. The van der Waals surface area contributed by atoms with Crippen molar-refractivity contribution in [1.82, 2.24) is 10.2 Å². The number of likely N-dealkylation sites (tertiary alicyclic amines) is 1. The summed E-state index contributed by atoms with van der Waals surface area (Å²) in [5.41, 5.74) is -0.550. The van der Waals surface area contributed by atoms with E-state index < -0.39 is 17.7 Å². The number of amides is 2. The van der Waals surface area contributed by atoms with Gasteiger partial charge < -0.3 is 15.0 Å². The van der Waals surface area contributed by atoms with Gasteiger partial charge in [0.05, 0.1) is 0 Å². The molecule has 1 aliphatic heterocycles. The van der Waals surface area contributed by atoms with Crippen molar-refractivity contribution < 1.29 is 14.3 Å². The molecular formula is C13H24N2O3. The van der Waals surface area contributed by atoms with E-state index in [-0.39, 0.29) is 11.8 Å². The summed E-state index contributed by atoms with van der Waals surface area (Å²) in [5, 5.41) is 2.67. The maximum Gasteiger partial charge on any atom is 0.408 e. The van der Waals surface area contributed by atoms with Gasteiger partial charge in [-0.05, 0) is 33.1 Å². The quantitative estimate of drug-likeness (QED) is 0.837. The molecule has 0 aromatic heterocycles. The Kier molecular flexibility index (Phi) is 4.59. The number of alkyl carbamates (subject to hydrolysis) is 1. The second-order valence-electron chi connectivity index (χ2n) is 6.05. The van der Waals surface area contributed by atoms with Gasteiger partial charge in [0.15, 0.2) is 0 Å². The van der Waals surface area contributed by atoms with Crippen LogP contribution in [0.4, 0.5) is 4.79 Å². The number of rotatable bonds is 3. The van der Waals surface area contributed by atoms with Crippen molar-refractivity contribution in [3.05, 3.63) is 0 Å². The third-order valence-electron chi connectivity index (χ3n) is 2.77. The van der Waals surface area contributed by atoms with Crippen molar-refractivity contribution in [3.63, 3.8) is 0 Å². The van der Waals surface area contributed by atoms with E-state index in [9.17, 15) is 9.59 Å². The fraction of sp³-hybridized carbons (Fsp3) is 0.846. The first kappa shape index (κ1) is 14.8. The first-order valence-electron chi connectivity index (χ1n) is 6.49. The highest BCUT2D eigenvalue weighted by atomic mass is 16.6. The molecule has 0 saturated carbocycles. The van der Waals surface area contributed by atoms with E-state index in [1.807, 2.05) is 13.8 Å². The first-order valence-corrected chi connectivity index (χ1v) is 6.49. The van der Waals surface area contributed by atoms with Crippen LogP contribution < -0.4 is 5.32 Å². The summed E-state index contributed by atoms with van der Waals surface area (Å²) in [6, 6.07) is -0.500. The molecule has 1 fully saturated rings. The summed E-state index contributed by atoms with van der Waals surface area (Å²) < 4.78 is 5.18. The third kappa shape index (κ3) is 4.20. The number of nitrogens with one attached hydrogen (secondary N) is 1. The average molecular weight is 256 g/mol. The Morgan fingerprint density at radius 2 is 1.78 bits per heavy atom. The molecular weight excluding hydrogens is 232 g/mol. The van der Waals surface area contributed by atoms with Gasteiger partial charge in [-0.15, -0.1) is 0 Å². The summed E-state index contributed by atoms with van der Waals surface area (Å²) in [5.74, 6) is 0.0349. The van der Waals surface area contributed by atoms with Crippen LogP contribution in [-0.4, -0.2) is 41.6 Å². The molecule has 18 heavy (non-hydrogen) atoms. The monoisotopic (exact) mass is 256 g/mol. The molecule has 0 aromatic carbocycles. The Labute approximate surface area is 109 Å². The number of hydrogen-bond acceptors (Lipinski definition) is 3. The molecule has 5 nitrogen and oxygen atoms in total. The zero-order valence-electron chi connectivity index (χ0n) is 11.9. The van der Waals surface area contributed by atoms with Crippen LogP contribution in [0.2, 0.25) is 0 Å². The molecule has 2 amide bonds. The predicted molar refractivity (Wildman–Crippen MR) is 69.2 cm³/mol. The number of carbonyl (C=O) groups excluding carboxylic acids is 2. The van der Waals surface area contributed by atoms with Gasteiger partial charge in [0, 0.05) is 13.1 Å². The number of nitrogens with zero attached hydrogens (tertiary/aromatic N) is 1. The molecule has 1 aliphatic rings. The molecule has 0 radical (unpaired) electrons. The summed E-state index contributed by atoms with van der Waals surface area (Å²) in [4.78, 5) is 25.6. The normalized spacial score (nSPS) is 17.1. The standard InChI is InChI=1S/C13H24N2O3/c1-9(2)10(11(16)15-7-6-8-15)14-12(17)18-13(3,4)5/h9-10H,6-8H2,1-5H3,(H,14,17)/t10-/m1/s1. The number of hydrogen-bond donors (Lipinski definition) is 1. The van der Waals surface area contributed by atoms with Crippen LogP contribution in [0.15, 0.2) is 0 Å². The lowest BCUT2D eigenvalue weighted by molar-refractivity contribution is -0.138. The Hall–Kier alpha value is -1.26. The summed E-state index contributed by atoms with van der Waals surface area (Å²) in [6.45, 7) is 10.8. The zero-order valence-corrected chi connectivity index (χ0v) is 11.9. The molecule has 0 aliphatic carbocycles. The van der Waals surface area contributed by atoms with Gasteiger partial charge in [-0.1, -0.05) is 13.8 Å². The summed E-state index contributed by atoms with van der Waals surface area (Å²) >= 11 is 0. The topological polar surface area (TPSA) is 58.6 Å². The Morgan fingerprint density at radius 1 is 1.22 bits per heavy atom. The van der Waals surface area contributed by atoms with Gasteiger partial charge in [-0.2, -0.15) is 0 Å². The van der Waals surface area contributed by atoms with Crippen LogP contribution in [0.25, 0.3) is 0 Å². The highest BCUT2D eigenvalue weighted by Gasteiger charge is 2.32. The van der Waals surface area contributed by atoms with Crippen molar-refractivity contribution in [2.45, 2.75) is 52.7 Å². The minimum Gasteiger partial charge on any atom is -0.444 e. The molecule has 104 valence electrons. The molecule has 0 spiro atoms. The van der Waals surface area contributed by atoms with Crippen molar-refractivity contribution in [2.24, 2.45) is 5.92 Å². The van der Waals surface area contributed by atoms with Crippen LogP contribution in [0.3, 0.4) is 0 Å². The predicted octanol–water partition coefficient (Wildman–Crippen LogP) is 1.77. The van der Waals surface area contributed by atoms with E-state index in [1.54, 1.807) is 25.7 Å². The van der Waals surface area contributed by atoms with Crippen LogP contribution in [0.1, 0.15) is 41.0 Å². The second-order valence-corrected chi connectivity index (χ2v) is 6.05. The van der Waals surface area contributed by atoms with E-state index in [0.29, 0.717) is 0 Å². The molecule has 1 heterocycles. The van der Waals surface area contributed by atoms with Crippen LogP contribution in [-0.2, 0) is 9.53 Å². The van der Waals surface area contributed by atoms with Gasteiger partial charge in [0.25, 0.3) is 0 Å². The van der Waals surface area contributed by atoms with Gasteiger partial charge in [0.2, 0.25) is 5.91 Å². The SMILES string of the molecule is CC(C)[C@@H](NC(=O)OC(C)(C)C)C(=O)N1CCC1. The van der Waals surface area contributed by atoms with Crippen LogP contribution in [0.5, 0.6) is 0 Å². The minimum atomic E-state index is -0.550. The first-order chi connectivity index (χ1) is 8.20. The van der Waals surface area contributed by atoms with E-state index in [4.69, 9.17) is 4.74 Å². The maximum absolute atomic E-state index is 12.1. The lowest BCUT2D eigenvalue weighted by Crippen LogP contribution is -2.55. The van der Waals surface area contributed by atoms with Crippen LogP contribution in [0, 0.1) is 5.92 Å². The highest BCUT2D eigenvalue weighted by Crippen LogP contribution is 2.14. The largest absolute Gasteiger partial charge is 0.444 e. The fourth-order valence-corrected chi connectivity index (χ4v) is 1.68. The van der Waals surface area contributed by atoms with E-state index >= 15 is 0 Å². The molecule has 0 unspecified atom stereocenters. The van der Waals surface area contributed by atoms with Crippen LogP contribution >= 0.6 is 0 Å².